The second kappa shape index (κ2) is 9.75. The third-order valence-corrected chi connectivity index (χ3v) is 5.77. The van der Waals surface area contributed by atoms with E-state index in [0.29, 0.717) is 5.92 Å². The number of carbonyl (C=O) groups is 2. The molecule has 0 spiro atoms. The molecule has 0 atom stereocenters. The summed E-state index contributed by atoms with van der Waals surface area (Å²) in [6.07, 6.45) is 4.61. The summed E-state index contributed by atoms with van der Waals surface area (Å²) < 4.78 is 47.2. The van der Waals surface area contributed by atoms with Crippen LogP contribution in [0.3, 0.4) is 0 Å². The van der Waals surface area contributed by atoms with Crippen molar-refractivity contribution in [1.29, 1.82) is 0 Å². The average molecular weight is 451 g/mol. The van der Waals surface area contributed by atoms with Gasteiger partial charge in [0.15, 0.2) is 23.3 Å². The Balaban J connectivity index is 2.07. The third-order valence-electron chi connectivity index (χ3n) is 5.77. The quantitative estimate of drug-likeness (QED) is 0.456. The first-order valence-electron chi connectivity index (χ1n) is 10.9. The lowest BCUT2D eigenvalue weighted by molar-refractivity contribution is -0.124. The average Bonchev–Trinajstić information content (AvgIpc) is 3.17. The number of esters is 1. The van der Waals surface area contributed by atoms with E-state index in [0.717, 1.165) is 42.5 Å². The lowest BCUT2D eigenvalue weighted by atomic mass is 9.82. The van der Waals surface area contributed by atoms with Crippen molar-refractivity contribution in [1.82, 2.24) is 9.78 Å². The molecule has 6 nitrogen and oxygen atoms in total. The van der Waals surface area contributed by atoms with Crippen molar-refractivity contribution in [3.8, 4) is 5.69 Å². The lowest BCUT2D eigenvalue weighted by Gasteiger charge is -2.32. The smallest absolute Gasteiger partial charge is 0.343 e. The van der Waals surface area contributed by atoms with Crippen LogP contribution in [0.15, 0.2) is 18.3 Å². The number of hydrogen-bond acceptors (Lipinski definition) is 4. The van der Waals surface area contributed by atoms with Gasteiger partial charge >= 0.3 is 5.97 Å². The van der Waals surface area contributed by atoms with Gasteiger partial charge in [0.1, 0.15) is 5.56 Å². The first-order chi connectivity index (χ1) is 15.1. The van der Waals surface area contributed by atoms with Crippen LogP contribution in [-0.2, 0) is 9.53 Å². The minimum absolute atomic E-state index is 0.0109. The van der Waals surface area contributed by atoms with Crippen LogP contribution >= 0.6 is 0 Å². The summed E-state index contributed by atoms with van der Waals surface area (Å²) >= 11 is 0. The largest absolute Gasteiger partial charge is 0.462 e. The van der Waals surface area contributed by atoms with Crippen LogP contribution in [0.5, 0.6) is 0 Å². The highest BCUT2D eigenvalue weighted by Crippen LogP contribution is 2.33. The highest BCUT2D eigenvalue weighted by molar-refractivity contribution is 6.02. The van der Waals surface area contributed by atoms with E-state index in [4.69, 9.17) is 4.74 Å². The van der Waals surface area contributed by atoms with E-state index in [-0.39, 0.29) is 41.5 Å². The normalized spacial score (nSPS) is 18.6. The van der Waals surface area contributed by atoms with Gasteiger partial charge in [-0.25, -0.2) is 22.6 Å². The van der Waals surface area contributed by atoms with Crippen molar-refractivity contribution in [2.24, 2.45) is 11.8 Å². The predicted molar refractivity (Wildman–Crippen MR) is 113 cm³/mol. The van der Waals surface area contributed by atoms with Gasteiger partial charge in [0.2, 0.25) is 5.91 Å². The Kier molecular flexibility index (Phi) is 7.26. The van der Waals surface area contributed by atoms with Crippen LogP contribution in [0, 0.1) is 29.3 Å². The number of aromatic nitrogens is 2. The molecule has 1 heterocycles. The molecule has 1 amide bonds. The van der Waals surface area contributed by atoms with Crippen molar-refractivity contribution in [3.05, 3.63) is 41.3 Å². The van der Waals surface area contributed by atoms with Crippen LogP contribution in [-0.4, -0.2) is 34.3 Å². The lowest BCUT2D eigenvalue weighted by Crippen LogP contribution is -2.43. The maximum absolute atomic E-state index is 13.8. The van der Waals surface area contributed by atoms with Crippen LogP contribution in [0.1, 0.15) is 63.7 Å². The summed E-state index contributed by atoms with van der Waals surface area (Å²) in [5.74, 6) is -4.83. The number of hydrogen-bond donors (Lipinski definition) is 0. The Hall–Kier alpha value is -2.84. The molecule has 9 heteroatoms. The fourth-order valence-corrected chi connectivity index (χ4v) is 4.01. The second-order valence-corrected chi connectivity index (χ2v) is 8.51. The van der Waals surface area contributed by atoms with Gasteiger partial charge in [0.05, 0.1) is 12.3 Å². The molecular weight excluding hydrogens is 423 g/mol. The number of halogens is 3. The number of anilines is 1. The highest BCUT2D eigenvalue weighted by atomic mass is 19.2. The van der Waals surface area contributed by atoms with Gasteiger partial charge in [-0.3, -0.25) is 9.69 Å². The molecule has 0 saturated heterocycles. The Bertz CT molecular complexity index is 975. The Labute approximate surface area is 185 Å². The minimum Gasteiger partial charge on any atom is -0.462 e. The summed E-state index contributed by atoms with van der Waals surface area (Å²) in [4.78, 5) is 27.5. The van der Waals surface area contributed by atoms with Crippen molar-refractivity contribution < 1.29 is 27.5 Å². The molecule has 1 aromatic carbocycles. The van der Waals surface area contributed by atoms with Gasteiger partial charge in [0.25, 0.3) is 0 Å². The van der Waals surface area contributed by atoms with E-state index in [2.05, 4.69) is 12.0 Å². The number of benzene rings is 1. The number of ether oxygens (including phenoxy) is 1. The fourth-order valence-electron chi connectivity index (χ4n) is 4.01. The molecule has 2 aromatic rings. The first kappa shape index (κ1) is 23.8. The van der Waals surface area contributed by atoms with Crippen LogP contribution in [0.2, 0.25) is 0 Å². The number of nitrogens with zero attached hydrogens (tertiary/aromatic N) is 3. The molecule has 32 heavy (non-hydrogen) atoms. The second-order valence-electron chi connectivity index (χ2n) is 8.51. The molecule has 1 aromatic heterocycles. The van der Waals surface area contributed by atoms with E-state index < -0.39 is 23.4 Å². The monoisotopic (exact) mass is 451 g/mol. The molecule has 1 aliphatic carbocycles. The van der Waals surface area contributed by atoms with Crippen molar-refractivity contribution in [2.45, 2.75) is 59.4 Å². The summed E-state index contributed by atoms with van der Waals surface area (Å²) in [7, 11) is 0. The first-order valence-corrected chi connectivity index (χ1v) is 10.9. The number of rotatable bonds is 6. The zero-order valence-corrected chi connectivity index (χ0v) is 18.7. The van der Waals surface area contributed by atoms with Gasteiger partial charge < -0.3 is 4.74 Å². The van der Waals surface area contributed by atoms with Crippen molar-refractivity contribution >= 4 is 17.7 Å². The zero-order valence-electron chi connectivity index (χ0n) is 18.7. The van der Waals surface area contributed by atoms with E-state index in [1.54, 1.807) is 20.8 Å². The standard InChI is InChI=1S/C23H28F3N3O3/c1-5-32-23(31)17-12-28(16-10-18(24)20(26)19(25)11-16)27-21(17)29(13(2)3)22(30)15-8-6-14(4)7-9-15/h10-15H,5-9H2,1-4H3/t14-,15-. The Morgan fingerprint density at radius 2 is 1.75 bits per heavy atom. The van der Waals surface area contributed by atoms with Gasteiger partial charge in [-0.15, -0.1) is 5.10 Å². The molecule has 0 radical (unpaired) electrons. The minimum atomic E-state index is -1.60. The molecule has 0 aliphatic heterocycles. The molecule has 0 bridgehead atoms. The topological polar surface area (TPSA) is 64.4 Å². The summed E-state index contributed by atoms with van der Waals surface area (Å²) in [5, 5.41) is 4.31. The molecular formula is C23H28F3N3O3. The van der Waals surface area contributed by atoms with Crippen LogP contribution < -0.4 is 4.90 Å². The summed E-state index contributed by atoms with van der Waals surface area (Å²) in [6, 6.07) is 1.21. The van der Waals surface area contributed by atoms with E-state index >= 15 is 0 Å². The molecule has 1 fully saturated rings. The molecule has 1 aliphatic rings. The van der Waals surface area contributed by atoms with Gasteiger partial charge in [-0.1, -0.05) is 6.92 Å². The zero-order chi connectivity index (χ0) is 23.6. The molecule has 0 N–H and O–H groups in total. The SMILES string of the molecule is CCOC(=O)c1cn(-c2cc(F)c(F)c(F)c2)nc1N(C(=O)[C@H]1CC[C@H](C)CC1)C(C)C. The summed E-state index contributed by atoms with van der Waals surface area (Å²) in [5.41, 5.74) is -0.135. The van der Waals surface area contributed by atoms with Crippen molar-refractivity contribution in [2.75, 3.05) is 11.5 Å². The Morgan fingerprint density at radius 1 is 1.16 bits per heavy atom. The van der Waals surface area contributed by atoms with Gasteiger partial charge in [-0.2, -0.15) is 0 Å². The van der Waals surface area contributed by atoms with E-state index in [9.17, 15) is 22.8 Å². The van der Waals surface area contributed by atoms with E-state index in [1.807, 2.05) is 0 Å². The maximum atomic E-state index is 13.8. The molecule has 3 rings (SSSR count). The molecule has 0 unspecified atom stereocenters. The van der Waals surface area contributed by atoms with Crippen LogP contribution in [0.4, 0.5) is 19.0 Å². The predicted octanol–water partition coefficient (Wildman–Crippen LogP) is 5.03. The molecule has 1 saturated carbocycles. The van der Waals surface area contributed by atoms with Crippen molar-refractivity contribution in [3.63, 3.8) is 0 Å². The number of amides is 1. The summed E-state index contributed by atoms with van der Waals surface area (Å²) in [6.45, 7) is 7.49. The number of carbonyl (C=O) groups excluding carboxylic acids is 2. The van der Waals surface area contributed by atoms with Gasteiger partial charge in [-0.05, 0) is 52.4 Å². The maximum Gasteiger partial charge on any atom is 0.343 e. The molecule has 174 valence electrons. The fraction of sp³-hybridized carbons (Fsp3) is 0.522. The highest BCUT2D eigenvalue weighted by Gasteiger charge is 2.34. The van der Waals surface area contributed by atoms with Crippen LogP contribution in [0.25, 0.3) is 5.69 Å². The van der Waals surface area contributed by atoms with E-state index in [1.165, 1.54) is 11.1 Å². The van der Waals surface area contributed by atoms with Gasteiger partial charge in [0, 0.05) is 30.3 Å². The third kappa shape index (κ3) is 4.81. The Morgan fingerprint density at radius 3 is 2.28 bits per heavy atom.